The number of hydrogen-bond acceptors (Lipinski definition) is 8. The zero-order chi connectivity index (χ0) is 31.4. The monoisotopic (exact) mass is 637 g/mol. The Bertz CT molecular complexity index is 1660. The van der Waals surface area contributed by atoms with Gasteiger partial charge in [-0.05, 0) is 66.6 Å². The lowest BCUT2D eigenvalue weighted by Gasteiger charge is -2.20. The number of alkyl halides is 3. The van der Waals surface area contributed by atoms with E-state index in [9.17, 15) is 23.1 Å². The first-order valence-corrected chi connectivity index (χ1v) is 15.5. The molecule has 6 rings (SSSR count). The number of aliphatic hydroxyl groups excluding tert-OH is 1. The minimum atomic E-state index is -4.76. The molecule has 9 nitrogen and oxygen atoms in total. The minimum Gasteiger partial charge on any atom is -0.406 e. The summed E-state index contributed by atoms with van der Waals surface area (Å²) in [5, 5.41) is 15.4. The smallest absolute Gasteiger partial charge is 0.406 e. The molecule has 2 fully saturated rings. The van der Waals surface area contributed by atoms with Gasteiger partial charge in [-0.1, -0.05) is 67.1 Å². The number of ether oxygens (including phenoxy) is 2. The zero-order valence-electron chi connectivity index (χ0n) is 24.1. The van der Waals surface area contributed by atoms with Gasteiger partial charge in [-0.2, -0.15) is 0 Å². The fraction of sp³-hybridized carbons (Fsp3) is 0.312. The largest absolute Gasteiger partial charge is 0.573 e. The number of amidine groups is 1. The molecule has 1 saturated carbocycles. The number of rotatable bonds is 12. The second-order valence-electron chi connectivity index (χ2n) is 10.7. The minimum absolute atomic E-state index is 0.0716. The molecular formula is C32H30F3N5O4S. The number of carbonyl (C=O) groups is 1. The third kappa shape index (κ3) is 8.10. The molecule has 1 aromatic heterocycles. The van der Waals surface area contributed by atoms with Crippen LogP contribution in [0, 0.1) is 5.92 Å². The van der Waals surface area contributed by atoms with Gasteiger partial charge < -0.3 is 14.6 Å². The molecule has 1 N–H and O–H groups in total. The van der Waals surface area contributed by atoms with Crippen LogP contribution in [0.5, 0.6) is 5.75 Å². The number of aliphatic hydroxyl groups is 1. The van der Waals surface area contributed by atoms with Gasteiger partial charge in [-0.15, -0.1) is 18.3 Å². The van der Waals surface area contributed by atoms with E-state index >= 15 is 0 Å². The highest BCUT2D eigenvalue weighted by atomic mass is 32.2. The number of aliphatic imine (C=N–C) groups is 1. The Morgan fingerprint density at radius 3 is 2.51 bits per heavy atom. The quantitative estimate of drug-likeness (QED) is 0.186. The van der Waals surface area contributed by atoms with E-state index in [0.717, 1.165) is 41.1 Å². The predicted molar refractivity (Wildman–Crippen MR) is 164 cm³/mol. The van der Waals surface area contributed by atoms with Crippen molar-refractivity contribution in [2.45, 2.75) is 44.9 Å². The first-order chi connectivity index (χ1) is 21.7. The average molecular weight is 638 g/mol. The van der Waals surface area contributed by atoms with Crippen LogP contribution in [0.25, 0.3) is 17.1 Å². The van der Waals surface area contributed by atoms with Crippen molar-refractivity contribution in [2.75, 3.05) is 17.3 Å². The van der Waals surface area contributed by atoms with Gasteiger partial charge in [-0.3, -0.25) is 9.69 Å². The second-order valence-corrected chi connectivity index (χ2v) is 11.7. The Hall–Kier alpha value is -4.20. The van der Waals surface area contributed by atoms with Gasteiger partial charge in [0.05, 0.1) is 23.7 Å². The molecule has 1 aliphatic carbocycles. The highest BCUT2D eigenvalue weighted by molar-refractivity contribution is 8.15. The van der Waals surface area contributed by atoms with E-state index in [1.54, 1.807) is 4.90 Å². The van der Waals surface area contributed by atoms with Crippen LogP contribution >= 0.6 is 11.8 Å². The number of para-hydroxylation sites is 1. The SMILES string of the molecule is O=C1CSC(=NC(O)OCCc2ccc(-c3ncn(-c4ccc(OC(F)(F)F)cc4)n3)cc2)N1c1ccccc1CCC1CC1. The van der Waals surface area contributed by atoms with Gasteiger partial charge in [0.1, 0.15) is 12.1 Å². The molecule has 3 aromatic carbocycles. The molecule has 0 radical (unpaired) electrons. The van der Waals surface area contributed by atoms with E-state index in [1.165, 1.54) is 59.9 Å². The predicted octanol–water partition coefficient (Wildman–Crippen LogP) is 6.15. The summed E-state index contributed by atoms with van der Waals surface area (Å²) in [5.74, 6) is 1.09. The summed E-state index contributed by atoms with van der Waals surface area (Å²) in [7, 11) is 0. The van der Waals surface area contributed by atoms with Crippen molar-refractivity contribution < 1.29 is 32.5 Å². The van der Waals surface area contributed by atoms with Gasteiger partial charge in [0.2, 0.25) is 5.91 Å². The molecule has 2 aliphatic rings. The maximum atomic E-state index is 12.8. The van der Waals surface area contributed by atoms with E-state index in [2.05, 4.69) is 19.8 Å². The van der Waals surface area contributed by atoms with Gasteiger partial charge in [-0.25, -0.2) is 14.7 Å². The van der Waals surface area contributed by atoms with Crippen molar-refractivity contribution in [2.24, 2.45) is 10.9 Å². The number of halogens is 3. The molecule has 13 heteroatoms. The van der Waals surface area contributed by atoms with Crippen molar-refractivity contribution in [3.63, 3.8) is 0 Å². The summed E-state index contributed by atoms with van der Waals surface area (Å²) in [6.45, 7) is 0.203. The lowest BCUT2D eigenvalue weighted by molar-refractivity contribution is -0.274. The summed E-state index contributed by atoms with van der Waals surface area (Å²) < 4.78 is 48.1. The third-order valence-corrected chi connectivity index (χ3v) is 8.37. The molecule has 2 heterocycles. The first kappa shape index (κ1) is 30.8. The number of thioether (sulfide) groups is 1. The van der Waals surface area contributed by atoms with Crippen LogP contribution in [0.4, 0.5) is 18.9 Å². The standard InChI is InChI=1S/C32H30F3N5O4S/c33-32(34,35)44-26-15-13-25(14-16-26)39-20-36-29(38-39)24-11-8-22(9-12-24)17-18-43-31(42)37-30-40(28(41)19-45-30)27-4-2-1-3-23(27)10-7-21-5-6-21/h1-4,8-9,11-16,20-21,31,42H,5-7,10,17-19H2. The third-order valence-electron chi connectivity index (χ3n) is 7.43. The van der Waals surface area contributed by atoms with Gasteiger partial charge >= 0.3 is 6.36 Å². The highest BCUT2D eigenvalue weighted by Crippen LogP contribution is 2.36. The van der Waals surface area contributed by atoms with Crippen molar-refractivity contribution in [3.8, 4) is 22.8 Å². The van der Waals surface area contributed by atoms with Crippen LogP contribution in [0.1, 0.15) is 30.4 Å². The number of amides is 1. The Balaban J connectivity index is 1.02. The van der Waals surface area contributed by atoms with Crippen LogP contribution in [-0.4, -0.2) is 56.1 Å². The second kappa shape index (κ2) is 13.4. The van der Waals surface area contributed by atoms with Crippen LogP contribution in [0.15, 0.2) is 84.1 Å². The Morgan fingerprint density at radius 2 is 1.78 bits per heavy atom. The van der Waals surface area contributed by atoms with E-state index in [1.807, 2.05) is 48.5 Å². The van der Waals surface area contributed by atoms with E-state index in [-0.39, 0.29) is 24.0 Å². The van der Waals surface area contributed by atoms with Crippen molar-refractivity contribution in [3.05, 3.63) is 90.3 Å². The molecule has 0 spiro atoms. The fourth-order valence-electron chi connectivity index (χ4n) is 4.96. The summed E-state index contributed by atoms with van der Waals surface area (Å²) in [6.07, 6.45) is 0.367. The molecule has 0 bridgehead atoms. The maximum absolute atomic E-state index is 12.8. The van der Waals surface area contributed by atoms with Crippen LogP contribution in [0.3, 0.4) is 0 Å². The van der Waals surface area contributed by atoms with E-state index in [0.29, 0.717) is 23.1 Å². The van der Waals surface area contributed by atoms with E-state index < -0.39 is 12.8 Å². The number of anilines is 1. The van der Waals surface area contributed by atoms with Crippen molar-refractivity contribution >= 4 is 28.5 Å². The summed E-state index contributed by atoms with van der Waals surface area (Å²) in [5.41, 5.74) is 4.15. The summed E-state index contributed by atoms with van der Waals surface area (Å²) in [4.78, 5) is 23.0. The topological polar surface area (TPSA) is 102 Å². The molecule has 1 aliphatic heterocycles. The zero-order valence-corrected chi connectivity index (χ0v) is 24.9. The number of carbonyl (C=O) groups excluding carboxylic acids is 1. The molecule has 1 unspecified atom stereocenters. The molecule has 234 valence electrons. The molecule has 1 amide bonds. The summed E-state index contributed by atoms with van der Waals surface area (Å²) in [6, 6.07) is 20.7. The number of aromatic nitrogens is 3. The lowest BCUT2D eigenvalue weighted by Crippen LogP contribution is -2.31. The van der Waals surface area contributed by atoms with Gasteiger partial charge in [0, 0.05) is 5.56 Å². The van der Waals surface area contributed by atoms with Crippen LogP contribution in [-0.2, 0) is 22.4 Å². The number of nitrogens with zero attached hydrogens (tertiary/aromatic N) is 5. The maximum Gasteiger partial charge on any atom is 0.573 e. The molecule has 45 heavy (non-hydrogen) atoms. The first-order valence-electron chi connectivity index (χ1n) is 14.5. The Kier molecular flexibility index (Phi) is 9.19. The number of aryl methyl sites for hydroxylation is 1. The molecule has 4 aromatic rings. The Morgan fingerprint density at radius 1 is 1.02 bits per heavy atom. The summed E-state index contributed by atoms with van der Waals surface area (Å²) >= 11 is 1.29. The average Bonchev–Trinajstić information content (AvgIpc) is 3.60. The molecule has 1 atom stereocenters. The van der Waals surface area contributed by atoms with Crippen LogP contribution in [0.2, 0.25) is 0 Å². The number of hydrogen-bond donors (Lipinski definition) is 1. The normalized spacial score (nSPS) is 16.8. The van der Waals surface area contributed by atoms with Crippen molar-refractivity contribution in [1.82, 2.24) is 14.8 Å². The lowest BCUT2D eigenvalue weighted by atomic mass is 10.0. The molecular weight excluding hydrogens is 607 g/mol. The number of benzene rings is 3. The van der Waals surface area contributed by atoms with Gasteiger partial charge in [0.25, 0.3) is 6.41 Å². The van der Waals surface area contributed by atoms with Gasteiger partial charge in [0.15, 0.2) is 11.0 Å². The Labute approximate surface area is 261 Å². The van der Waals surface area contributed by atoms with E-state index in [4.69, 9.17) is 4.74 Å². The van der Waals surface area contributed by atoms with Crippen molar-refractivity contribution in [1.29, 1.82) is 0 Å². The fourth-order valence-corrected chi connectivity index (χ4v) is 5.83. The van der Waals surface area contributed by atoms with Crippen LogP contribution < -0.4 is 9.64 Å². The highest BCUT2D eigenvalue weighted by Gasteiger charge is 2.32. The molecule has 1 saturated heterocycles.